The Morgan fingerprint density at radius 1 is 0.833 bits per heavy atom. The van der Waals surface area contributed by atoms with Crippen LogP contribution in [0.1, 0.15) is 39.0 Å². The molecule has 7 nitrogen and oxygen atoms in total. The van der Waals surface area contributed by atoms with Crippen LogP contribution in [-0.4, -0.2) is 48.9 Å². The van der Waals surface area contributed by atoms with Crippen molar-refractivity contribution in [2.75, 3.05) is 25.6 Å². The lowest BCUT2D eigenvalue weighted by Crippen LogP contribution is -2.33. The van der Waals surface area contributed by atoms with Crippen LogP contribution in [0.15, 0.2) is 132 Å². The lowest BCUT2D eigenvalue weighted by Gasteiger charge is -2.22. The third-order valence-corrected chi connectivity index (χ3v) is 8.42. The van der Waals surface area contributed by atoms with Crippen molar-refractivity contribution in [3.8, 4) is 5.75 Å². The fourth-order valence-corrected chi connectivity index (χ4v) is 5.82. The first-order valence-electron chi connectivity index (χ1n) is 15.8. The van der Waals surface area contributed by atoms with E-state index in [9.17, 15) is 14.4 Å². The summed E-state index contributed by atoms with van der Waals surface area (Å²) in [7, 11) is 1.35. The summed E-state index contributed by atoms with van der Waals surface area (Å²) < 4.78 is 11.1. The molecule has 244 valence electrons. The maximum atomic E-state index is 13.2. The second-order valence-corrected chi connectivity index (χ2v) is 11.9. The summed E-state index contributed by atoms with van der Waals surface area (Å²) in [6.07, 6.45) is 4.47. The van der Waals surface area contributed by atoms with Gasteiger partial charge in [-0.3, -0.25) is 9.59 Å². The molecule has 0 spiro atoms. The van der Waals surface area contributed by atoms with E-state index in [4.69, 9.17) is 9.47 Å². The molecule has 0 fully saturated rings. The minimum absolute atomic E-state index is 0.0461. The van der Waals surface area contributed by atoms with Crippen molar-refractivity contribution in [2.24, 2.45) is 0 Å². The summed E-state index contributed by atoms with van der Waals surface area (Å²) in [4.78, 5) is 40.9. The standard InChI is InChI=1S/C40H38N2O5S/c1-46-40(45)37(41-36-16-9-8-15-35(36)39(44)33-13-6-3-7-14-33)27-30-17-20-34(21-18-30)47-25-10-24-42(28-31-11-4-2-5-12-31)38(43)22-19-32-23-26-48-29-32/h2-9,11-23,26,29,37,41H,10,24-25,27-28H2,1H3/b22-19+/t37-/m0/s1. The summed E-state index contributed by atoms with van der Waals surface area (Å²) in [5.41, 5.74) is 4.58. The number of hydrogen-bond donors (Lipinski definition) is 1. The number of carbonyl (C=O) groups is 3. The van der Waals surface area contributed by atoms with Crippen LogP contribution in [0, 0.1) is 0 Å². The number of esters is 1. The number of hydrogen-bond acceptors (Lipinski definition) is 7. The number of amides is 1. The van der Waals surface area contributed by atoms with Gasteiger partial charge in [-0.1, -0.05) is 84.9 Å². The molecule has 0 radical (unpaired) electrons. The van der Waals surface area contributed by atoms with E-state index in [0.29, 0.717) is 55.1 Å². The summed E-state index contributed by atoms with van der Waals surface area (Å²) in [6.45, 7) is 1.49. The first-order chi connectivity index (χ1) is 23.5. The van der Waals surface area contributed by atoms with Gasteiger partial charge >= 0.3 is 5.97 Å². The third-order valence-electron chi connectivity index (χ3n) is 7.72. The third kappa shape index (κ3) is 9.77. The van der Waals surface area contributed by atoms with Crippen LogP contribution in [0.3, 0.4) is 0 Å². The lowest BCUT2D eigenvalue weighted by atomic mass is 10.00. The molecule has 4 aromatic carbocycles. The molecule has 0 aliphatic carbocycles. The molecule has 1 aromatic heterocycles. The van der Waals surface area contributed by atoms with E-state index >= 15 is 0 Å². The highest BCUT2D eigenvalue weighted by Gasteiger charge is 2.23. The van der Waals surface area contributed by atoms with Crippen molar-refractivity contribution in [2.45, 2.75) is 25.4 Å². The van der Waals surface area contributed by atoms with Gasteiger partial charge in [0.25, 0.3) is 0 Å². The van der Waals surface area contributed by atoms with Gasteiger partial charge in [0.05, 0.1) is 13.7 Å². The maximum absolute atomic E-state index is 13.2. The number of carbonyl (C=O) groups excluding carboxylic acids is 3. The number of benzene rings is 4. The Kier molecular flexibility index (Phi) is 12.3. The molecule has 1 amide bonds. The SMILES string of the molecule is COC(=O)[C@H](Cc1ccc(OCCCN(Cc2ccccc2)C(=O)/C=C/c2ccsc2)cc1)Nc1ccccc1C(=O)c1ccccc1. The second-order valence-electron chi connectivity index (χ2n) is 11.1. The number of para-hydroxylation sites is 1. The van der Waals surface area contributed by atoms with Gasteiger partial charge in [0.15, 0.2) is 5.78 Å². The van der Waals surface area contributed by atoms with Gasteiger partial charge in [0.2, 0.25) is 5.91 Å². The van der Waals surface area contributed by atoms with Crippen molar-refractivity contribution >= 4 is 40.8 Å². The average molecular weight is 659 g/mol. The molecule has 1 heterocycles. The maximum Gasteiger partial charge on any atom is 0.328 e. The Hall–Kier alpha value is -5.47. The topological polar surface area (TPSA) is 84.9 Å². The van der Waals surface area contributed by atoms with Crippen molar-refractivity contribution in [1.82, 2.24) is 4.90 Å². The summed E-state index contributed by atoms with van der Waals surface area (Å²) in [5.74, 6) is 0.0804. The molecule has 0 unspecified atom stereocenters. The quantitative estimate of drug-likeness (QED) is 0.0507. The van der Waals surface area contributed by atoms with Crippen LogP contribution >= 0.6 is 11.3 Å². The zero-order valence-electron chi connectivity index (χ0n) is 26.8. The molecule has 0 bridgehead atoms. The van der Waals surface area contributed by atoms with E-state index in [1.807, 2.05) is 107 Å². The number of nitrogens with zero attached hydrogens (tertiary/aromatic N) is 1. The Bertz CT molecular complexity index is 1790. The van der Waals surface area contributed by atoms with Crippen LogP contribution < -0.4 is 10.1 Å². The van der Waals surface area contributed by atoms with Crippen LogP contribution in [0.2, 0.25) is 0 Å². The van der Waals surface area contributed by atoms with Gasteiger partial charge in [-0.15, -0.1) is 0 Å². The van der Waals surface area contributed by atoms with Gasteiger partial charge in [-0.2, -0.15) is 11.3 Å². The lowest BCUT2D eigenvalue weighted by molar-refractivity contribution is -0.141. The van der Waals surface area contributed by atoms with Gasteiger partial charge in [-0.05, 0) is 70.3 Å². The molecular weight excluding hydrogens is 621 g/mol. The summed E-state index contributed by atoms with van der Waals surface area (Å²) >= 11 is 1.60. The number of nitrogens with one attached hydrogen (secondary N) is 1. The Morgan fingerprint density at radius 2 is 1.54 bits per heavy atom. The Morgan fingerprint density at radius 3 is 2.25 bits per heavy atom. The smallest absolute Gasteiger partial charge is 0.328 e. The molecule has 5 aromatic rings. The predicted molar refractivity (Wildman–Crippen MR) is 191 cm³/mol. The van der Waals surface area contributed by atoms with Crippen LogP contribution in [0.4, 0.5) is 5.69 Å². The van der Waals surface area contributed by atoms with Crippen LogP contribution in [-0.2, 0) is 27.3 Å². The molecule has 0 aliphatic rings. The van der Waals surface area contributed by atoms with Gasteiger partial charge < -0.3 is 19.7 Å². The molecule has 0 saturated heterocycles. The average Bonchev–Trinajstić information content (AvgIpc) is 3.66. The normalized spacial score (nSPS) is 11.5. The number of anilines is 1. The van der Waals surface area contributed by atoms with E-state index in [1.54, 1.807) is 47.7 Å². The van der Waals surface area contributed by atoms with Gasteiger partial charge in [0.1, 0.15) is 11.8 Å². The van der Waals surface area contributed by atoms with E-state index in [-0.39, 0.29) is 11.7 Å². The van der Waals surface area contributed by atoms with Gasteiger partial charge in [-0.25, -0.2) is 4.79 Å². The van der Waals surface area contributed by atoms with Crippen LogP contribution in [0.5, 0.6) is 5.75 Å². The number of rotatable bonds is 16. The predicted octanol–water partition coefficient (Wildman–Crippen LogP) is 7.69. The van der Waals surface area contributed by atoms with Crippen molar-refractivity contribution in [3.05, 3.63) is 160 Å². The van der Waals surface area contributed by atoms with E-state index in [2.05, 4.69) is 5.32 Å². The molecule has 48 heavy (non-hydrogen) atoms. The summed E-state index contributed by atoms with van der Waals surface area (Å²) in [5, 5.41) is 7.24. The molecule has 5 rings (SSSR count). The highest BCUT2D eigenvalue weighted by atomic mass is 32.1. The Labute approximate surface area is 285 Å². The van der Waals surface area contributed by atoms with Crippen LogP contribution in [0.25, 0.3) is 6.08 Å². The molecule has 8 heteroatoms. The zero-order valence-corrected chi connectivity index (χ0v) is 27.6. The largest absolute Gasteiger partial charge is 0.494 e. The van der Waals surface area contributed by atoms with Crippen molar-refractivity contribution < 1.29 is 23.9 Å². The molecule has 0 saturated carbocycles. The summed E-state index contributed by atoms with van der Waals surface area (Å²) in [6, 6.07) is 35.0. The zero-order chi connectivity index (χ0) is 33.6. The highest BCUT2D eigenvalue weighted by molar-refractivity contribution is 7.08. The number of ether oxygens (including phenoxy) is 2. The van der Waals surface area contributed by atoms with E-state index in [1.165, 1.54) is 7.11 Å². The molecular formula is C40H38N2O5S. The first-order valence-corrected chi connectivity index (χ1v) is 16.7. The van der Waals surface area contributed by atoms with Crippen molar-refractivity contribution in [1.29, 1.82) is 0 Å². The molecule has 1 atom stereocenters. The minimum atomic E-state index is -0.714. The van der Waals surface area contributed by atoms with E-state index in [0.717, 1.165) is 16.7 Å². The van der Waals surface area contributed by atoms with Crippen molar-refractivity contribution in [3.63, 3.8) is 0 Å². The monoisotopic (exact) mass is 658 g/mol. The van der Waals surface area contributed by atoms with Gasteiger partial charge in [0, 0.05) is 42.4 Å². The van der Waals surface area contributed by atoms with E-state index < -0.39 is 12.0 Å². The highest BCUT2D eigenvalue weighted by Crippen LogP contribution is 2.22. The fraction of sp³-hybridized carbons (Fsp3) is 0.175. The number of thiophene rings is 1. The first kappa shape index (κ1) is 33.9. The Balaban J connectivity index is 1.17. The molecule has 0 aliphatic heterocycles. The number of methoxy groups -OCH3 is 1. The minimum Gasteiger partial charge on any atom is -0.494 e. The second kappa shape index (κ2) is 17.4. The molecule has 1 N–H and O–H groups in total. The fourth-order valence-electron chi connectivity index (χ4n) is 5.19. The number of ketones is 1.